The van der Waals surface area contributed by atoms with Gasteiger partial charge in [0.1, 0.15) is 0 Å². The number of rotatable bonds is 6. The van der Waals surface area contributed by atoms with Gasteiger partial charge in [-0.05, 0) is 42.9 Å². The van der Waals surface area contributed by atoms with E-state index in [1.165, 1.54) is 5.56 Å². The molecule has 6 nitrogen and oxygen atoms in total. The maximum atomic E-state index is 5.61. The summed E-state index contributed by atoms with van der Waals surface area (Å²) in [6.45, 7) is 6.48. The van der Waals surface area contributed by atoms with Crippen molar-refractivity contribution in [3.8, 4) is 17.2 Å². The van der Waals surface area contributed by atoms with Crippen molar-refractivity contribution in [3.63, 3.8) is 0 Å². The Bertz CT molecular complexity index is 851. The summed E-state index contributed by atoms with van der Waals surface area (Å²) in [5.41, 5.74) is 3.33. The predicted octanol–water partition coefficient (Wildman–Crippen LogP) is 3.54. The van der Waals surface area contributed by atoms with Gasteiger partial charge in [0.2, 0.25) is 5.75 Å². The first-order valence-corrected chi connectivity index (χ1v) is 10.1. The van der Waals surface area contributed by atoms with E-state index < -0.39 is 0 Å². The number of nitrogens with zero attached hydrogens (tertiary/aromatic N) is 2. The monoisotopic (exact) mass is 415 g/mol. The molecule has 0 spiro atoms. The van der Waals surface area contributed by atoms with E-state index in [4.69, 9.17) is 26.4 Å². The minimum absolute atomic E-state index is 0.634. The molecular weight excluding hydrogens is 386 g/mol. The highest BCUT2D eigenvalue weighted by Crippen LogP contribution is 2.40. The lowest BCUT2D eigenvalue weighted by Gasteiger charge is -2.36. The number of aryl methyl sites for hydroxylation is 1. The molecule has 2 aromatic rings. The lowest BCUT2D eigenvalue weighted by molar-refractivity contribution is 0.175. The maximum absolute atomic E-state index is 5.61. The summed E-state index contributed by atoms with van der Waals surface area (Å²) in [6.07, 6.45) is 0. The molecular formula is C22H29N3O3S. The van der Waals surface area contributed by atoms with Crippen molar-refractivity contribution in [2.45, 2.75) is 13.5 Å². The molecule has 0 saturated carbocycles. The van der Waals surface area contributed by atoms with Crippen LogP contribution in [-0.2, 0) is 6.54 Å². The Morgan fingerprint density at radius 2 is 1.69 bits per heavy atom. The van der Waals surface area contributed by atoms with Crippen molar-refractivity contribution in [3.05, 3.63) is 47.5 Å². The van der Waals surface area contributed by atoms with Gasteiger partial charge in [-0.2, -0.15) is 0 Å². The minimum atomic E-state index is 0.634. The van der Waals surface area contributed by atoms with Gasteiger partial charge in [0.05, 0.1) is 21.3 Å². The number of anilines is 1. The predicted molar refractivity (Wildman–Crippen MR) is 120 cm³/mol. The zero-order chi connectivity index (χ0) is 20.8. The van der Waals surface area contributed by atoms with E-state index in [1.807, 2.05) is 24.3 Å². The smallest absolute Gasteiger partial charge is 0.203 e. The average molecular weight is 416 g/mol. The van der Waals surface area contributed by atoms with Crippen LogP contribution in [0.25, 0.3) is 0 Å². The van der Waals surface area contributed by atoms with E-state index in [1.54, 1.807) is 21.3 Å². The van der Waals surface area contributed by atoms with Crippen LogP contribution in [0.15, 0.2) is 36.4 Å². The second-order valence-corrected chi connectivity index (χ2v) is 7.44. The van der Waals surface area contributed by atoms with Crippen LogP contribution in [-0.4, -0.2) is 62.4 Å². The van der Waals surface area contributed by atoms with E-state index in [0.29, 0.717) is 11.5 Å². The van der Waals surface area contributed by atoms with Gasteiger partial charge in [-0.1, -0.05) is 18.2 Å². The van der Waals surface area contributed by atoms with Gasteiger partial charge in [0.15, 0.2) is 16.6 Å². The molecule has 2 aromatic carbocycles. The number of piperazine rings is 1. The van der Waals surface area contributed by atoms with E-state index in [9.17, 15) is 0 Å². The van der Waals surface area contributed by atoms with Crippen molar-refractivity contribution in [2.24, 2.45) is 0 Å². The zero-order valence-electron chi connectivity index (χ0n) is 17.5. The number of benzene rings is 2. The van der Waals surface area contributed by atoms with Crippen LogP contribution in [0.4, 0.5) is 5.69 Å². The Kier molecular flexibility index (Phi) is 7.17. The van der Waals surface area contributed by atoms with Crippen LogP contribution in [0, 0.1) is 6.92 Å². The normalized spacial score (nSPS) is 14.4. The fourth-order valence-corrected chi connectivity index (χ4v) is 3.86. The maximum Gasteiger partial charge on any atom is 0.203 e. The summed E-state index contributed by atoms with van der Waals surface area (Å²) in [5.74, 6) is 2.03. The highest BCUT2D eigenvalue weighted by Gasteiger charge is 2.22. The summed E-state index contributed by atoms with van der Waals surface area (Å²) in [7, 11) is 4.92. The summed E-state index contributed by atoms with van der Waals surface area (Å²) in [4.78, 5) is 4.62. The molecule has 1 aliphatic rings. The highest BCUT2D eigenvalue weighted by molar-refractivity contribution is 7.80. The Morgan fingerprint density at radius 3 is 2.31 bits per heavy atom. The first kappa shape index (κ1) is 21.2. The highest BCUT2D eigenvalue weighted by atomic mass is 32.1. The number of ether oxygens (including phenoxy) is 3. The van der Waals surface area contributed by atoms with Crippen molar-refractivity contribution < 1.29 is 14.2 Å². The third-order valence-corrected chi connectivity index (χ3v) is 5.47. The van der Waals surface area contributed by atoms with E-state index in [-0.39, 0.29) is 0 Å². The molecule has 29 heavy (non-hydrogen) atoms. The van der Waals surface area contributed by atoms with Crippen LogP contribution in [0.3, 0.4) is 0 Å². The summed E-state index contributed by atoms with van der Waals surface area (Å²) in [6, 6.07) is 12.2. The average Bonchev–Trinajstić information content (AvgIpc) is 2.73. The Morgan fingerprint density at radius 1 is 0.966 bits per heavy atom. The number of thiocarbonyl (C=S) groups is 1. The van der Waals surface area contributed by atoms with E-state index >= 15 is 0 Å². The van der Waals surface area contributed by atoms with Gasteiger partial charge in [-0.25, -0.2) is 0 Å². The SMILES string of the molecule is COc1ccc(CN2CCN(C(=S)Nc3cccc(C)c3)CC2)c(OC)c1OC. The van der Waals surface area contributed by atoms with Gasteiger partial charge in [-0.15, -0.1) is 0 Å². The van der Waals surface area contributed by atoms with Gasteiger partial charge >= 0.3 is 0 Å². The molecule has 1 saturated heterocycles. The molecule has 0 amide bonds. The number of hydrogen-bond acceptors (Lipinski definition) is 5. The second-order valence-electron chi connectivity index (χ2n) is 7.06. The van der Waals surface area contributed by atoms with Crippen LogP contribution in [0.2, 0.25) is 0 Å². The fourth-order valence-electron chi connectivity index (χ4n) is 3.56. The number of hydrogen-bond donors (Lipinski definition) is 1. The van der Waals surface area contributed by atoms with Crippen molar-refractivity contribution in [1.82, 2.24) is 9.80 Å². The van der Waals surface area contributed by atoms with Gasteiger partial charge < -0.3 is 24.4 Å². The topological polar surface area (TPSA) is 46.2 Å². The molecule has 1 heterocycles. The lowest BCUT2D eigenvalue weighted by Crippen LogP contribution is -2.49. The fraction of sp³-hybridized carbons (Fsp3) is 0.409. The lowest BCUT2D eigenvalue weighted by atomic mass is 10.1. The molecule has 7 heteroatoms. The van der Waals surface area contributed by atoms with E-state index in [0.717, 1.165) is 54.8 Å². The molecule has 0 radical (unpaired) electrons. The summed E-state index contributed by atoms with van der Waals surface area (Å²) >= 11 is 5.61. The first-order chi connectivity index (χ1) is 14.0. The van der Waals surface area contributed by atoms with Crippen molar-refractivity contribution >= 4 is 23.0 Å². The number of methoxy groups -OCH3 is 3. The van der Waals surface area contributed by atoms with Gasteiger partial charge in [0, 0.05) is 44.0 Å². The quantitative estimate of drug-likeness (QED) is 0.724. The molecule has 0 atom stereocenters. The second kappa shape index (κ2) is 9.80. The van der Waals surface area contributed by atoms with Gasteiger partial charge in [-0.3, -0.25) is 4.90 Å². The molecule has 156 valence electrons. The third kappa shape index (κ3) is 5.10. The van der Waals surface area contributed by atoms with Crippen LogP contribution in [0.1, 0.15) is 11.1 Å². The third-order valence-electron chi connectivity index (χ3n) is 5.11. The molecule has 1 aliphatic heterocycles. The molecule has 1 fully saturated rings. The molecule has 0 unspecified atom stereocenters. The Labute approximate surface area is 178 Å². The minimum Gasteiger partial charge on any atom is -0.493 e. The summed E-state index contributed by atoms with van der Waals surface area (Å²) in [5, 5.41) is 4.13. The molecule has 0 aromatic heterocycles. The van der Waals surface area contributed by atoms with Crippen LogP contribution >= 0.6 is 12.2 Å². The molecule has 3 rings (SSSR count). The molecule has 1 N–H and O–H groups in total. The Hall–Kier alpha value is -2.51. The van der Waals surface area contributed by atoms with Gasteiger partial charge in [0.25, 0.3) is 0 Å². The molecule has 0 bridgehead atoms. The number of nitrogens with one attached hydrogen (secondary N) is 1. The first-order valence-electron chi connectivity index (χ1n) is 9.68. The molecule has 0 aliphatic carbocycles. The van der Waals surface area contributed by atoms with Crippen molar-refractivity contribution in [1.29, 1.82) is 0 Å². The van der Waals surface area contributed by atoms with Crippen molar-refractivity contribution in [2.75, 3.05) is 52.8 Å². The summed E-state index contributed by atoms with van der Waals surface area (Å²) < 4.78 is 16.5. The Balaban J connectivity index is 1.59. The van der Waals surface area contributed by atoms with Crippen LogP contribution in [0.5, 0.6) is 17.2 Å². The van der Waals surface area contributed by atoms with Crippen LogP contribution < -0.4 is 19.5 Å². The zero-order valence-corrected chi connectivity index (χ0v) is 18.3. The standard InChI is InChI=1S/C22H29N3O3S/c1-16-6-5-7-18(14-16)23-22(29)25-12-10-24(11-13-25)15-17-8-9-19(26-2)21(28-4)20(17)27-3/h5-9,14H,10-13,15H2,1-4H3,(H,23,29). The largest absolute Gasteiger partial charge is 0.493 e. The van der Waals surface area contributed by atoms with E-state index in [2.05, 4.69) is 34.2 Å².